The molecule has 182 valence electrons. The first-order chi connectivity index (χ1) is 17.5. The van der Waals surface area contributed by atoms with E-state index in [1.165, 1.54) is 72.0 Å². The number of ether oxygens (including phenoxy) is 1. The summed E-state index contributed by atoms with van der Waals surface area (Å²) in [6.45, 7) is 2.31. The molecule has 1 aromatic heterocycles. The van der Waals surface area contributed by atoms with Gasteiger partial charge in [0.1, 0.15) is 29.1 Å². The fraction of sp³-hybridized carbons (Fsp3) is 0.111. The highest BCUT2D eigenvalue weighted by molar-refractivity contribution is 6.11. The molecule has 1 atom stereocenters. The molecule has 0 aliphatic carbocycles. The van der Waals surface area contributed by atoms with Crippen LogP contribution in [0.2, 0.25) is 0 Å². The molecule has 9 heteroatoms. The zero-order chi connectivity index (χ0) is 25.5. The third-order valence-corrected chi connectivity index (χ3v) is 5.23. The molecule has 0 bridgehead atoms. The fourth-order valence-electron chi connectivity index (χ4n) is 3.59. The first kappa shape index (κ1) is 24.5. The molecule has 0 saturated heterocycles. The molecule has 3 aromatic carbocycles. The van der Waals surface area contributed by atoms with Gasteiger partial charge in [-0.1, -0.05) is 12.1 Å². The summed E-state index contributed by atoms with van der Waals surface area (Å²) >= 11 is 0. The van der Waals surface area contributed by atoms with Gasteiger partial charge in [0.05, 0.1) is 12.8 Å². The van der Waals surface area contributed by atoms with Crippen LogP contribution in [0.25, 0.3) is 0 Å². The van der Waals surface area contributed by atoms with Crippen LogP contribution in [-0.4, -0.2) is 28.4 Å². The van der Waals surface area contributed by atoms with Crippen molar-refractivity contribution in [1.82, 2.24) is 9.97 Å². The quantitative estimate of drug-likeness (QED) is 0.370. The maximum absolute atomic E-state index is 13.7. The number of carbonyl (C=O) groups excluding carboxylic acids is 2. The molecule has 36 heavy (non-hydrogen) atoms. The second-order valence-electron chi connectivity index (χ2n) is 7.64. The first-order valence-corrected chi connectivity index (χ1v) is 11.1. The molecule has 2 amide bonds. The Bertz CT molecular complexity index is 1320. The summed E-state index contributed by atoms with van der Waals surface area (Å²) in [5.41, 5.74) is 1.05. The average Bonchev–Trinajstić information content (AvgIpc) is 2.90. The van der Waals surface area contributed by atoms with Gasteiger partial charge < -0.3 is 10.1 Å². The molecule has 0 fully saturated rings. The average molecular weight is 488 g/mol. The van der Waals surface area contributed by atoms with E-state index < -0.39 is 29.5 Å². The summed E-state index contributed by atoms with van der Waals surface area (Å²) in [4.78, 5) is 36.6. The summed E-state index contributed by atoms with van der Waals surface area (Å²) in [5, 5.41) is 2.73. The molecule has 7 nitrogen and oxygen atoms in total. The van der Waals surface area contributed by atoms with E-state index in [1.807, 2.05) is 6.92 Å². The van der Waals surface area contributed by atoms with Gasteiger partial charge in [0.2, 0.25) is 0 Å². The Morgan fingerprint density at radius 2 is 1.56 bits per heavy atom. The van der Waals surface area contributed by atoms with Gasteiger partial charge in [-0.05, 0) is 73.2 Å². The Labute approximate surface area is 206 Å². The standard InChI is InChI=1S/C27H22F2N4O3/c1-2-36-23-13-3-18(4-14-23)25(26(34)32-21-9-5-19(28)6-10-21)33(22-11-7-20(29)8-12-22)27(35)24-17-30-15-16-31-24/h3-17,25H,2H2,1H3,(H,32,34)/t25-/m1/s1. The number of hydrogen-bond donors (Lipinski definition) is 1. The van der Waals surface area contributed by atoms with Crippen LogP contribution in [0.3, 0.4) is 0 Å². The lowest BCUT2D eigenvalue weighted by molar-refractivity contribution is -0.117. The van der Waals surface area contributed by atoms with Gasteiger partial charge >= 0.3 is 0 Å². The number of hydrogen-bond acceptors (Lipinski definition) is 5. The van der Waals surface area contributed by atoms with Crippen LogP contribution in [0.5, 0.6) is 5.75 Å². The maximum atomic E-state index is 13.7. The molecule has 4 aromatic rings. The fourth-order valence-corrected chi connectivity index (χ4v) is 3.59. The third kappa shape index (κ3) is 5.69. The van der Waals surface area contributed by atoms with Crippen molar-refractivity contribution in [3.63, 3.8) is 0 Å². The predicted molar refractivity (Wildman–Crippen MR) is 131 cm³/mol. The molecule has 0 spiro atoms. The van der Waals surface area contributed by atoms with Crippen LogP contribution in [0.1, 0.15) is 29.0 Å². The maximum Gasteiger partial charge on any atom is 0.279 e. The van der Waals surface area contributed by atoms with Crippen LogP contribution in [0.4, 0.5) is 20.2 Å². The largest absolute Gasteiger partial charge is 0.494 e. The normalized spacial score (nSPS) is 11.4. The summed E-state index contributed by atoms with van der Waals surface area (Å²) in [6.07, 6.45) is 4.07. The molecule has 0 saturated carbocycles. The molecular weight excluding hydrogens is 466 g/mol. The summed E-state index contributed by atoms with van der Waals surface area (Å²) < 4.78 is 32.7. The van der Waals surface area contributed by atoms with Crippen molar-refractivity contribution in [3.05, 3.63) is 114 Å². The van der Waals surface area contributed by atoms with Gasteiger partial charge in [-0.25, -0.2) is 13.8 Å². The number of halogens is 2. The van der Waals surface area contributed by atoms with Gasteiger partial charge in [-0.3, -0.25) is 19.5 Å². The minimum atomic E-state index is -1.20. The Morgan fingerprint density at radius 3 is 2.14 bits per heavy atom. The van der Waals surface area contributed by atoms with Crippen molar-refractivity contribution in [1.29, 1.82) is 0 Å². The number of nitrogens with zero attached hydrogens (tertiary/aromatic N) is 3. The van der Waals surface area contributed by atoms with Crippen LogP contribution in [0.15, 0.2) is 91.4 Å². The van der Waals surface area contributed by atoms with E-state index in [9.17, 15) is 18.4 Å². The number of carbonyl (C=O) groups is 2. The van der Waals surface area contributed by atoms with E-state index in [-0.39, 0.29) is 11.4 Å². The molecule has 1 N–H and O–H groups in total. The molecule has 0 aliphatic rings. The highest BCUT2D eigenvalue weighted by atomic mass is 19.1. The number of benzene rings is 3. The van der Waals surface area contributed by atoms with E-state index in [0.717, 1.165) is 0 Å². The summed E-state index contributed by atoms with van der Waals surface area (Å²) in [7, 11) is 0. The van der Waals surface area contributed by atoms with E-state index in [2.05, 4.69) is 15.3 Å². The highest BCUT2D eigenvalue weighted by Gasteiger charge is 2.34. The minimum Gasteiger partial charge on any atom is -0.494 e. The van der Waals surface area contributed by atoms with E-state index in [4.69, 9.17) is 4.74 Å². The van der Waals surface area contributed by atoms with Gasteiger partial charge in [-0.2, -0.15) is 0 Å². The lowest BCUT2D eigenvalue weighted by Crippen LogP contribution is -2.42. The third-order valence-electron chi connectivity index (χ3n) is 5.23. The van der Waals surface area contributed by atoms with Crippen molar-refractivity contribution in [2.45, 2.75) is 13.0 Å². The van der Waals surface area contributed by atoms with Crippen molar-refractivity contribution in [3.8, 4) is 5.75 Å². The monoisotopic (exact) mass is 488 g/mol. The smallest absolute Gasteiger partial charge is 0.279 e. The Hall–Kier alpha value is -4.66. The molecular formula is C27H22F2N4O3. The zero-order valence-corrected chi connectivity index (χ0v) is 19.3. The lowest BCUT2D eigenvalue weighted by atomic mass is 10.0. The Morgan fingerprint density at radius 1 is 0.917 bits per heavy atom. The van der Waals surface area contributed by atoms with Crippen molar-refractivity contribution < 1.29 is 23.1 Å². The molecule has 0 unspecified atom stereocenters. The van der Waals surface area contributed by atoms with Crippen LogP contribution < -0.4 is 15.0 Å². The number of aromatic nitrogens is 2. The second kappa shape index (κ2) is 11.2. The van der Waals surface area contributed by atoms with Gasteiger partial charge in [0.25, 0.3) is 11.8 Å². The Balaban J connectivity index is 1.82. The van der Waals surface area contributed by atoms with Crippen molar-refractivity contribution in [2.24, 2.45) is 0 Å². The minimum absolute atomic E-state index is 0.00709. The van der Waals surface area contributed by atoms with Crippen molar-refractivity contribution in [2.75, 3.05) is 16.8 Å². The summed E-state index contributed by atoms with van der Waals surface area (Å²) in [6, 6.07) is 15.9. The predicted octanol–water partition coefficient (Wildman–Crippen LogP) is 5.18. The number of rotatable bonds is 8. The summed E-state index contributed by atoms with van der Waals surface area (Å²) in [5.74, 6) is -1.57. The zero-order valence-electron chi connectivity index (χ0n) is 19.3. The Kier molecular flexibility index (Phi) is 7.60. The number of amides is 2. The number of nitrogens with one attached hydrogen (secondary N) is 1. The van der Waals surface area contributed by atoms with E-state index >= 15 is 0 Å². The van der Waals surface area contributed by atoms with Crippen LogP contribution in [0, 0.1) is 11.6 Å². The van der Waals surface area contributed by atoms with Gasteiger partial charge in [-0.15, -0.1) is 0 Å². The SMILES string of the molecule is CCOc1ccc([C@H](C(=O)Nc2ccc(F)cc2)N(C(=O)c2cnccn2)c2ccc(F)cc2)cc1. The molecule has 0 aliphatic heterocycles. The van der Waals surface area contributed by atoms with Gasteiger partial charge in [0.15, 0.2) is 0 Å². The van der Waals surface area contributed by atoms with Crippen LogP contribution >= 0.6 is 0 Å². The topological polar surface area (TPSA) is 84.4 Å². The molecule has 1 heterocycles. The molecule has 0 radical (unpaired) electrons. The number of anilines is 2. The molecule has 4 rings (SSSR count). The van der Waals surface area contributed by atoms with E-state index in [1.54, 1.807) is 24.3 Å². The van der Waals surface area contributed by atoms with Crippen molar-refractivity contribution >= 4 is 23.2 Å². The second-order valence-corrected chi connectivity index (χ2v) is 7.64. The van der Waals surface area contributed by atoms with Gasteiger partial charge in [0, 0.05) is 23.8 Å². The first-order valence-electron chi connectivity index (χ1n) is 11.1. The highest BCUT2D eigenvalue weighted by Crippen LogP contribution is 2.31. The van der Waals surface area contributed by atoms with Crippen LogP contribution in [-0.2, 0) is 4.79 Å². The lowest BCUT2D eigenvalue weighted by Gasteiger charge is -2.31. The van der Waals surface area contributed by atoms with E-state index in [0.29, 0.717) is 23.6 Å².